The molecular formula is C11H11Cl2N3O2S. The van der Waals surface area contributed by atoms with E-state index in [9.17, 15) is 4.79 Å². The van der Waals surface area contributed by atoms with E-state index in [4.69, 9.17) is 16.7 Å². The van der Waals surface area contributed by atoms with Crippen LogP contribution in [0, 0.1) is 0 Å². The normalized spacial score (nSPS) is 9.74. The molecule has 0 aliphatic carbocycles. The van der Waals surface area contributed by atoms with Crippen LogP contribution in [-0.2, 0) is 11.3 Å². The number of hydrogen-bond donors (Lipinski definition) is 1. The summed E-state index contributed by atoms with van der Waals surface area (Å²) in [5.41, 5.74) is 0. The number of carbonyl (C=O) groups is 1. The van der Waals surface area contributed by atoms with Gasteiger partial charge in [-0.05, 0) is 12.1 Å². The van der Waals surface area contributed by atoms with Gasteiger partial charge in [-0.1, -0.05) is 17.7 Å². The highest BCUT2D eigenvalue weighted by Crippen LogP contribution is 2.21. The molecule has 0 fully saturated rings. The third-order valence-electron chi connectivity index (χ3n) is 2.17. The lowest BCUT2D eigenvalue weighted by Gasteiger charge is -2.20. The highest BCUT2D eigenvalue weighted by molar-refractivity contribution is 7.15. The molecule has 0 atom stereocenters. The summed E-state index contributed by atoms with van der Waals surface area (Å²) in [5, 5.41) is 8.92. The number of aromatic nitrogens is 2. The number of pyridine rings is 1. The van der Waals surface area contributed by atoms with E-state index in [1.807, 2.05) is 6.07 Å². The van der Waals surface area contributed by atoms with E-state index in [1.54, 1.807) is 29.4 Å². The zero-order chi connectivity index (χ0) is 13.0. The van der Waals surface area contributed by atoms with Crippen molar-refractivity contribution in [3.8, 4) is 0 Å². The van der Waals surface area contributed by atoms with Gasteiger partial charge in [-0.3, -0.25) is 4.79 Å². The van der Waals surface area contributed by atoms with Crippen molar-refractivity contribution in [1.82, 2.24) is 9.97 Å². The predicted octanol–water partition coefficient (Wildman–Crippen LogP) is 2.70. The van der Waals surface area contributed by atoms with Crippen molar-refractivity contribution < 1.29 is 9.90 Å². The molecule has 2 aromatic rings. The minimum atomic E-state index is -0.906. The van der Waals surface area contributed by atoms with Crippen LogP contribution in [0.3, 0.4) is 0 Å². The van der Waals surface area contributed by atoms with Crippen LogP contribution in [0.4, 0.5) is 5.82 Å². The number of aliphatic carboxylic acids is 1. The van der Waals surface area contributed by atoms with Crippen LogP contribution in [0.5, 0.6) is 0 Å². The van der Waals surface area contributed by atoms with Crippen LogP contribution in [-0.4, -0.2) is 27.6 Å². The van der Waals surface area contributed by atoms with Crippen molar-refractivity contribution in [3.05, 3.63) is 39.9 Å². The molecule has 0 amide bonds. The third kappa shape index (κ3) is 4.66. The van der Waals surface area contributed by atoms with Crippen LogP contribution in [0.15, 0.2) is 30.6 Å². The fraction of sp³-hybridized carbons (Fsp3) is 0.182. The molecule has 5 nitrogen and oxygen atoms in total. The first-order valence-corrected chi connectivity index (χ1v) is 6.32. The van der Waals surface area contributed by atoms with Gasteiger partial charge in [0.2, 0.25) is 0 Å². The van der Waals surface area contributed by atoms with Crippen LogP contribution in [0.2, 0.25) is 4.47 Å². The maximum absolute atomic E-state index is 10.9. The zero-order valence-electron chi connectivity index (χ0n) is 9.69. The fourth-order valence-corrected chi connectivity index (χ4v) is 2.46. The summed E-state index contributed by atoms with van der Waals surface area (Å²) in [5.74, 6) is -0.291. The van der Waals surface area contributed by atoms with Gasteiger partial charge < -0.3 is 10.0 Å². The molecule has 0 unspecified atom stereocenters. The van der Waals surface area contributed by atoms with Gasteiger partial charge in [0.1, 0.15) is 12.4 Å². The molecule has 2 heterocycles. The number of carboxylic acid groups (broad SMARTS) is 1. The average molecular weight is 320 g/mol. The molecule has 0 bridgehead atoms. The number of thiazole rings is 1. The van der Waals surface area contributed by atoms with Gasteiger partial charge in [0, 0.05) is 17.3 Å². The van der Waals surface area contributed by atoms with Crippen LogP contribution in [0.25, 0.3) is 0 Å². The summed E-state index contributed by atoms with van der Waals surface area (Å²) in [4.78, 5) is 21.5. The monoisotopic (exact) mass is 319 g/mol. The highest BCUT2D eigenvalue weighted by atomic mass is 35.5. The van der Waals surface area contributed by atoms with E-state index in [1.165, 1.54) is 11.3 Å². The van der Waals surface area contributed by atoms with Gasteiger partial charge in [-0.25, -0.2) is 9.97 Å². The number of rotatable bonds is 5. The Balaban J connectivity index is 0.00000180. The van der Waals surface area contributed by atoms with Crippen molar-refractivity contribution in [2.24, 2.45) is 0 Å². The number of anilines is 1. The van der Waals surface area contributed by atoms with Crippen LogP contribution < -0.4 is 4.90 Å². The first-order chi connectivity index (χ1) is 8.65. The second-order valence-corrected chi connectivity index (χ2v) is 5.21. The van der Waals surface area contributed by atoms with Gasteiger partial charge in [-0.15, -0.1) is 23.7 Å². The Kier molecular flexibility index (Phi) is 6.01. The van der Waals surface area contributed by atoms with Gasteiger partial charge >= 0.3 is 5.97 Å². The highest BCUT2D eigenvalue weighted by Gasteiger charge is 2.13. The van der Waals surface area contributed by atoms with Gasteiger partial charge in [0.15, 0.2) is 4.47 Å². The molecule has 1 N–H and O–H groups in total. The molecule has 2 rings (SSSR count). The summed E-state index contributed by atoms with van der Waals surface area (Å²) in [7, 11) is 0. The van der Waals surface area contributed by atoms with Gasteiger partial charge in [0.05, 0.1) is 6.54 Å². The summed E-state index contributed by atoms with van der Waals surface area (Å²) >= 11 is 7.08. The maximum atomic E-state index is 10.9. The molecule has 0 spiro atoms. The lowest BCUT2D eigenvalue weighted by Crippen LogP contribution is -2.29. The lowest BCUT2D eigenvalue weighted by atomic mass is 10.4. The zero-order valence-corrected chi connectivity index (χ0v) is 12.1. The number of nitrogens with zero attached hydrogens (tertiary/aromatic N) is 3. The first-order valence-electron chi connectivity index (χ1n) is 5.13. The summed E-state index contributed by atoms with van der Waals surface area (Å²) in [6, 6.07) is 5.37. The van der Waals surface area contributed by atoms with E-state index < -0.39 is 5.97 Å². The Bertz CT molecular complexity index is 536. The molecule has 19 heavy (non-hydrogen) atoms. The Morgan fingerprint density at radius 2 is 2.21 bits per heavy atom. The predicted molar refractivity (Wildman–Crippen MR) is 77.3 cm³/mol. The molecule has 0 aliphatic heterocycles. The molecule has 0 aromatic carbocycles. The van der Waals surface area contributed by atoms with E-state index in [0.717, 1.165) is 4.88 Å². The van der Waals surface area contributed by atoms with Crippen molar-refractivity contribution >= 4 is 47.1 Å². The number of carboxylic acids is 1. The standard InChI is InChI=1S/C11H10ClN3O2S.ClH/c12-11-14-5-8(18-11)6-15(7-10(16)17)9-3-1-2-4-13-9;/h1-5H,6-7H2,(H,16,17);1H. The Morgan fingerprint density at radius 3 is 2.74 bits per heavy atom. The second-order valence-electron chi connectivity index (χ2n) is 3.52. The van der Waals surface area contributed by atoms with Crippen LogP contribution >= 0.6 is 35.3 Å². The fourth-order valence-electron chi connectivity index (χ4n) is 1.47. The van der Waals surface area contributed by atoms with Gasteiger partial charge in [-0.2, -0.15) is 0 Å². The number of hydrogen-bond acceptors (Lipinski definition) is 5. The van der Waals surface area contributed by atoms with Crippen LogP contribution in [0.1, 0.15) is 4.88 Å². The third-order valence-corrected chi connectivity index (χ3v) is 3.27. The minimum absolute atomic E-state index is 0. The largest absolute Gasteiger partial charge is 0.480 e. The Hall–Kier alpha value is -1.37. The molecule has 0 aliphatic rings. The second kappa shape index (κ2) is 7.28. The van der Waals surface area contributed by atoms with Crippen molar-refractivity contribution in [3.63, 3.8) is 0 Å². The van der Waals surface area contributed by atoms with E-state index in [0.29, 0.717) is 16.8 Å². The summed E-state index contributed by atoms with van der Waals surface area (Å²) in [6.07, 6.45) is 3.27. The van der Waals surface area contributed by atoms with E-state index >= 15 is 0 Å². The first kappa shape index (κ1) is 15.7. The molecule has 0 saturated heterocycles. The summed E-state index contributed by atoms with van der Waals surface area (Å²) in [6.45, 7) is 0.306. The Morgan fingerprint density at radius 1 is 1.42 bits per heavy atom. The molecule has 8 heteroatoms. The molecule has 0 saturated carbocycles. The van der Waals surface area contributed by atoms with Crippen molar-refractivity contribution in [1.29, 1.82) is 0 Å². The molecular weight excluding hydrogens is 309 g/mol. The maximum Gasteiger partial charge on any atom is 0.323 e. The van der Waals surface area contributed by atoms with Crippen molar-refractivity contribution in [2.75, 3.05) is 11.4 Å². The quantitative estimate of drug-likeness (QED) is 0.917. The van der Waals surface area contributed by atoms with Crippen molar-refractivity contribution in [2.45, 2.75) is 6.54 Å². The van der Waals surface area contributed by atoms with E-state index in [2.05, 4.69) is 9.97 Å². The SMILES string of the molecule is Cl.O=C(O)CN(Cc1cnc(Cl)s1)c1ccccn1. The molecule has 2 aromatic heterocycles. The topological polar surface area (TPSA) is 66.3 Å². The summed E-state index contributed by atoms with van der Waals surface area (Å²) < 4.78 is 0.446. The Labute approximate surface area is 125 Å². The molecule has 0 radical (unpaired) electrons. The smallest absolute Gasteiger partial charge is 0.323 e. The number of halogens is 2. The van der Waals surface area contributed by atoms with Gasteiger partial charge in [0.25, 0.3) is 0 Å². The molecule has 102 valence electrons. The lowest BCUT2D eigenvalue weighted by molar-refractivity contribution is -0.135. The minimum Gasteiger partial charge on any atom is -0.480 e. The van der Waals surface area contributed by atoms with E-state index in [-0.39, 0.29) is 19.0 Å². The average Bonchev–Trinajstić information content (AvgIpc) is 2.75.